The molecule has 4 nitrogen and oxygen atoms in total. The summed E-state index contributed by atoms with van der Waals surface area (Å²) in [4.78, 5) is 13.2. The van der Waals surface area contributed by atoms with Crippen molar-refractivity contribution in [2.45, 2.75) is 39.7 Å². The maximum Gasteiger partial charge on any atom is 0.262 e. The standard InChI is InChI=1S/C23H28N2O2/c1-16-19(13-14-24-23(2,3)4)20-15-18(27-5)11-12-21(20)25(16)22(26)17-9-7-6-8-10-17/h6-12,15,24H,13-14H2,1-5H3. The molecule has 3 aromatic rings. The van der Waals surface area contributed by atoms with Crippen molar-refractivity contribution in [3.05, 3.63) is 65.4 Å². The van der Waals surface area contributed by atoms with E-state index in [2.05, 4.69) is 26.1 Å². The first-order valence-corrected chi connectivity index (χ1v) is 9.34. The van der Waals surface area contributed by atoms with Gasteiger partial charge in [0.2, 0.25) is 0 Å². The number of rotatable bonds is 5. The number of aromatic nitrogens is 1. The third kappa shape index (κ3) is 4.06. The summed E-state index contributed by atoms with van der Waals surface area (Å²) in [6.45, 7) is 9.35. The van der Waals surface area contributed by atoms with Crippen LogP contribution in [0.3, 0.4) is 0 Å². The van der Waals surface area contributed by atoms with Crippen molar-refractivity contribution in [3.8, 4) is 5.75 Å². The number of methoxy groups -OCH3 is 1. The van der Waals surface area contributed by atoms with Gasteiger partial charge in [0.1, 0.15) is 5.75 Å². The summed E-state index contributed by atoms with van der Waals surface area (Å²) in [5.41, 5.74) is 3.84. The fourth-order valence-electron chi connectivity index (χ4n) is 3.44. The highest BCUT2D eigenvalue weighted by Crippen LogP contribution is 2.30. The summed E-state index contributed by atoms with van der Waals surface area (Å²) in [5.74, 6) is 0.801. The van der Waals surface area contributed by atoms with E-state index >= 15 is 0 Å². The number of benzene rings is 2. The lowest BCUT2D eigenvalue weighted by atomic mass is 10.1. The van der Waals surface area contributed by atoms with E-state index in [1.54, 1.807) is 7.11 Å². The van der Waals surface area contributed by atoms with Gasteiger partial charge in [-0.3, -0.25) is 9.36 Å². The number of ether oxygens (including phenoxy) is 1. The zero-order valence-corrected chi connectivity index (χ0v) is 16.8. The highest BCUT2D eigenvalue weighted by molar-refractivity contribution is 6.04. The van der Waals surface area contributed by atoms with Crippen LogP contribution >= 0.6 is 0 Å². The Balaban J connectivity index is 2.08. The first kappa shape index (κ1) is 19.2. The van der Waals surface area contributed by atoms with Gasteiger partial charge in [-0.05, 0) is 76.6 Å². The lowest BCUT2D eigenvalue weighted by Gasteiger charge is -2.20. The Morgan fingerprint density at radius 1 is 1.11 bits per heavy atom. The van der Waals surface area contributed by atoms with Crippen LogP contribution in [0.15, 0.2) is 48.5 Å². The van der Waals surface area contributed by atoms with E-state index in [9.17, 15) is 4.79 Å². The van der Waals surface area contributed by atoms with Gasteiger partial charge in [-0.1, -0.05) is 18.2 Å². The van der Waals surface area contributed by atoms with Crippen LogP contribution in [-0.4, -0.2) is 29.7 Å². The second-order valence-electron chi connectivity index (χ2n) is 7.88. The van der Waals surface area contributed by atoms with Crippen molar-refractivity contribution >= 4 is 16.8 Å². The summed E-state index contributed by atoms with van der Waals surface area (Å²) in [6, 6.07) is 15.3. The van der Waals surface area contributed by atoms with Crippen LogP contribution in [0.2, 0.25) is 0 Å². The van der Waals surface area contributed by atoms with Gasteiger partial charge < -0.3 is 10.1 Å². The van der Waals surface area contributed by atoms with Crippen LogP contribution in [-0.2, 0) is 6.42 Å². The normalized spacial score (nSPS) is 11.7. The molecule has 0 amide bonds. The molecule has 142 valence electrons. The SMILES string of the molecule is COc1ccc2c(c1)c(CCNC(C)(C)C)c(C)n2C(=O)c1ccccc1. The number of nitrogens with zero attached hydrogens (tertiary/aromatic N) is 1. The van der Waals surface area contributed by atoms with Crippen LogP contribution in [0.4, 0.5) is 0 Å². The van der Waals surface area contributed by atoms with Crippen LogP contribution in [0.1, 0.15) is 42.4 Å². The van der Waals surface area contributed by atoms with Crippen LogP contribution in [0.5, 0.6) is 5.75 Å². The average molecular weight is 364 g/mol. The molecule has 0 bridgehead atoms. The maximum atomic E-state index is 13.2. The van der Waals surface area contributed by atoms with Gasteiger partial charge in [-0.25, -0.2) is 0 Å². The first-order chi connectivity index (χ1) is 12.8. The van der Waals surface area contributed by atoms with Crippen molar-refractivity contribution in [1.29, 1.82) is 0 Å². The van der Waals surface area contributed by atoms with Crippen molar-refractivity contribution in [3.63, 3.8) is 0 Å². The monoisotopic (exact) mass is 364 g/mol. The number of hydrogen-bond donors (Lipinski definition) is 1. The van der Waals surface area contributed by atoms with Crippen molar-refractivity contribution in [2.24, 2.45) is 0 Å². The zero-order chi connectivity index (χ0) is 19.6. The minimum Gasteiger partial charge on any atom is -0.497 e. The topological polar surface area (TPSA) is 43.3 Å². The molecule has 1 N–H and O–H groups in total. The zero-order valence-electron chi connectivity index (χ0n) is 16.8. The third-order valence-corrected chi connectivity index (χ3v) is 4.80. The predicted octanol–water partition coefficient (Wildman–Crippen LogP) is 4.58. The molecular weight excluding hydrogens is 336 g/mol. The minimum absolute atomic E-state index is 0.00158. The van der Waals surface area contributed by atoms with Gasteiger partial charge in [0.05, 0.1) is 12.6 Å². The molecule has 0 saturated carbocycles. The lowest BCUT2D eigenvalue weighted by molar-refractivity contribution is 0.0963. The largest absolute Gasteiger partial charge is 0.497 e. The molecule has 27 heavy (non-hydrogen) atoms. The number of carbonyl (C=O) groups is 1. The Kier molecular flexibility index (Phi) is 5.38. The van der Waals surface area contributed by atoms with Gasteiger partial charge >= 0.3 is 0 Å². The van der Waals surface area contributed by atoms with Crippen molar-refractivity contribution < 1.29 is 9.53 Å². The van der Waals surface area contributed by atoms with E-state index in [-0.39, 0.29) is 11.4 Å². The van der Waals surface area contributed by atoms with Gasteiger partial charge in [-0.15, -0.1) is 0 Å². The Bertz CT molecular complexity index is 950. The van der Waals surface area contributed by atoms with E-state index in [0.29, 0.717) is 5.56 Å². The van der Waals surface area contributed by atoms with Gasteiger partial charge in [-0.2, -0.15) is 0 Å². The van der Waals surface area contributed by atoms with Gasteiger partial charge in [0.15, 0.2) is 0 Å². The molecule has 3 rings (SSSR count). The number of nitrogens with one attached hydrogen (secondary N) is 1. The highest BCUT2D eigenvalue weighted by Gasteiger charge is 2.20. The summed E-state index contributed by atoms with van der Waals surface area (Å²) in [5, 5.41) is 4.61. The average Bonchev–Trinajstić information content (AvgIpc) is 2.92. The van der Waals surface area contributed by atoms with Crippen molar-refractivity contribution in [2.75, 3.05) is 13.7 Å². The molecule has 0 radical (unpaired) electrons. The molecule has 2 aromatic carbocycles. The van der Waals surface area contributed by atoms with Gasteiger partial charge in [0.25, 0.3) is 5.91 Å². The molecule has 0 aliphatic rings. The van der Waals surface area contributed by atoms with E-state index < -0.39 is 0 Å². The molecule has 0 spiro atoms. The van der Waals surface area contributed by atoms with Crippen LogP contribution in [0.25, 0.3) is 10.9 Å². The minimum atomic E-state index is -0.00158. The summed E-state index contributed by atoms with van der Waals surface area (Å²) >= 11 is 0. The lowest BCUT2D eigenvalue weighted by Crippen LogP contribution is -2.37. The molecule has 0 atom stereocenters. The quantitative estimate of drug-likeness (QED) is 0.721. The second-order valence-corrected chi connectivity index (χ2v) is 7.88. The first-order valence-electron chi connectivity index (χ1n) is 9.34. The molecule has 1 aromatic heterocycles. The number of carbonyl (C=O) groups excluding carboxylic acids is 1. The third-order valence-electron chi connectivity index (χ3n) is 4.80. The predicted molar refractivity (Wildman–Crippen MR) is 111 cm³/mol. The fraction of sp³-hybridized carbons (Fsp3) is 0.348. The highest BCUT2D eigenvalue weighted by atomic mass is 16.5. The smallest absolute Gasteiger partial charge is 0.262 e. The molecule has 0 fully saturated rings. The summed E-state index contributed by atoms with van der Waals surface area (Å²) < 4.78 is 7.25. The second kappa shape index (κ2) is 7.57. The van der Waals surface area contributed by atoms with Crippen molar-refractivity contribution in [1.82, 2.24) is 9.88 Å². The summed E-state index contributed by atoms with van der Waals surface area (Å²) in [7, 11) is 1.67. The summed E-state index contributed by atoms with van der Waals surface area (Å²) in [6.07, 6.45) is 0.849. The number of hydrogen-bond acceptors (Lipinski definition) is 3. The Hall–Kier alpha value is -2.59. The Labute approximate surface area is 161 Å². The number of fused-ring (bicyclic) bond motifs is 1. The van der Waals surface area contributed by atoms with E-state index in [1.807, 2.05) is 60.0 Å². The van der Waals surface area contributed by atoms with Crippen LogP contribution in [0, 0.1) is 6.92 Å². The molecule has 0 aliphatic heterocycles. The Morgan fingerprint density at radius 3 is 2.44 bits per heavy atom. The molecular formula is C23H28N2O2. The van der Waals surface area contributed by atoms with E-state index in [0.717, 1.165) is 35.3 Å². The molecule has 0 unspecified atom stereocenters. The fourth-order valence-corrected chi connectivity index (χ4v) is 3.44. The molecule has 1 heterocycles. The molecule has 4 heteroatoms. The molecule has 0 saturated heterocycles. The maximum absolute atomic E-state index is 13.2. The van der Waals surface area contributed by atoms with E-state index in [4.69, 9.17) is 4.74 Å². The van der Waals surface area contributed by atoms with Gasteiger partial charge in [0, 0.05) is 22.2 Å². The van der Waals surface area contributed by atoms with E-state index in [1.165, 1.54) is 5.56 Å². The Morgan fingerprint density at radius 2 is 1.81 bits per heavy atom. The molecule has 0 aliphatic carbocycles. The van der Waals surface area contributed by atoms with Crippen LogP contribution < -0.4 is 10.1 Å².